The Labute approximate surface area is 152 Å². The number of carbonyl (C=O) groups is 1. The van der Waals surface area contributed by atoms with E-state index in [4.69, 9.17) is 4.74 Å². The molecule has 0 fully saturated rings. The molecular weight excluding hydrogens is 427 g/mol. The number of halogens is 4. The first kappa shape index (κ1) is 19.5. The van der Waals surface area contributed by atoms with Gasteiger partial charge in [0.1, 0.15) is 17.1 Å². The second-order valence-electron chi connectivity index (χ2n) is 4.67. The summed E-state index contributed by atoms with van der Waals surface area (Å²) in [6.45, 7) is 0. The van der Waals surface area contributed by atoms with E-state index in [-0.39, 0.29) is 11.5 Å². The molecular formula is C15H9BrF3NO6. The molecule has 2 rings (SSSR count). The van der Waals surface area contributed by atoms with E-state index in [0.29, 0.717) is 4.47 Å². The number of hydrogen-bond donors (Lipinski definition) is 0. The van der Waals surface area contributed by atoms with E-state index in [2.05, 4.69) is 25.4 Å². The van der Waals surface area contributed by atoms with E-state index < -0.39 is 34.3 Å². The lowest BCUT2D eigenvalue weighted by Crippen LogP contribution is -2.17. The molecule has 0 aromatic heterocycles. The molecule has 0 N–H and O–H groups in total. The summed E-state index contributed by atoms with van der Waals surface area (Å²) >= 11 is 3.08. The molecule has 0 aliphatic heterocycles. The van der Waals surface area contributed by atoms with Crippen molar-refractivity contribution in [3.8, 4) is 17.2 Å². The zero-order chi connectivity index (χ0) is 19.5. The maximum Gasteiger partial charge on any atom is 0.573 e. The number of carbonyl (C=O) groups excluding carboxylic acids is 1. The summed E-state index contributed by atoms with van der Waals surface area (Å²) in [6.07, 6.45) is -4.96. The Kier molecular flexibility index (Phi) is 5.70. The standard InChI is InChI=1S/C15H9BrF3NO6/c1-24-14(21)10-7-9(26-15(17,18)19)3-5-12(10)25-13-4-2-8(16)6-11(13)20(22)23/h2-7H,1H3. The van der Waals surface area contributed by atoms with Gasteiger partial charge in [-0.05, 0) is 30.3 Å². The molecule has 0 amide bonds. The van der Waals surface area contributed by atoms with E-state index in [1.54, 1.807) is 0 Å². The minimum Gasteiger partial charge on any atom is -0.465 e. The van der Waals surface area contributed by atoms with Crippen LogP contribution in [-0.4, -0.2) is 24.4 Å². The zero-order valence-corrected chi connectivity index (χ0v) is 14.5. The molecule has 0 heterocycles. The van der Waals surface area contributed by atoms with Crippen LogP contribution in [0.5, 0.6) is 17.2 Å². The van der Waals surface area contributed by atoms with Gasteiger partial charge in [-0.2, -0.15) is 0 Å². The lowest BCUT2D eigenvalue weighted by Gasteiger charge is -2.13. The van der Waals surface area contributed by atoms with Gasteiger partial charge in [0.15, 0.2) is 0 Å². The highest BCUT2D eigenvalue weighted by atomic mass is 79.9. The van der Waals surface area contributed by atoms with Gasteiger partial charge in [-0.25, -0.2) is 4.79 Å². The number of rotatable bonds is 5. The first-order valence-electron chi connectivity index (χ1n) is 6.70. The second kappa shape index (κ2) is 7.60. The molecule has 7 nitrogen and oxygen atoms in total. The van der Waals surface area contributed by atoms with Crippen molar-refractivity contribution < 1.29 is 37.1 Å². The van der Waals surface area contributed by atoms with Gasteiger partial charge >= 0.3 is 18.0 Å². The summed E-state index contributed by atoms with van der Waals surface area (Å²) in [4.78, 5) is 22.2. The van der Waals surface area contributed by atoms with E-state index in [1.165, 1.54) is 18.2 Å². The SMILES string of the molecule is COC(=O)c1cc(OC(F)(F)F)ccc1Oc1ccc(Br)cc1[N+](=O)[O-]. The van der Waals surface area contributed by atoms with Crippen LogP contribution in [0.3, 0.4) is 0 Å². The average molecular weight is 436 g/mol. The summed E-state index contributed by atoms with van der Waals surface area (Å²) in [5.41, 5.74) is -0.808. The predicted molar refractivity (Wildman–Crippen MR) is 85.3 cm³/mol. The number of nitro benzene ring substituents is 1. The summed E-state index contributed by atoms with van der Waals surface area (Å²) in [6, 6.07) is 6.58. The maximum atomic E-state index is 12.3. The van der Waals surface area contributed by atoms with Gasteiger partial charge in [-0.1, -0.05) is 15.9 Å². The fourth-order valence-electron chi connectivity index (χ4n) is 1.90. The van der Waals surface area contributed by atoms with Crippen molar-refractivity contribution in [3.05, 3.63) is 56.5 Å². The van der Waals surface area contributed by atoms with E-state index >= 15 is 0 Å². The van der Waals surface area contributed by atoms with Crippen LogP contribution in [-0.2, 0) is 4.74 Å². The Morgan fingerprint density at radius 3 is 2.38 bits per heavy atom. The highest BCUT2D eigenvalue weighted by Gasteiger charge is 2.32. The van der Waals surface area contributed by atoms with Gasteiger partial charge < -0.3 is 14.2 Å². The number of nitrogens with zero attached hydrogens (tertiary/aromatic N) is 1. The fraction of sp³-hybridized carbons (Fsp3) is 0.133. The molecule has 138 valence electrons. The van der Waals surface area contributed by atoms with Gasteiger partial charge in [-0.3, -0.25) is 10.1 Å². The molecule has 2 aromatic carbocycles. The summed E-state index contributed by atoms with van der Waals surface area (Å²) in [5.74, 6) is -2.13. The summed E-state index contributed by atoms with van der Waals surface area (Å²) < 4.78 is 51.0. The maximum absolute atomic E-state index is 12.3. The number of nitro groups is 1. The molecule has 0 saturated carbocycles. The molecule has 0 atom stereocenters. The van der Waals surface area contributed by atoms with Crippen LogP contribution in [0, 0.1) is 10.1 Å². The average Bonchev–Trinajstić information content (AvgIpc) is 2.55. The fourth-order valence-corrected chi connectivity index (χ4v) is 2.25. The van der Waals surface area contributed by atoms with Crippen molar-refractivity contribution in [1.82, 2.24) is 0 Å². The third kappa shape index (κ3) is 4.85. The molecule has 0 radical (unpaired) electrons. The van der Waals surface area contributed by atoms with Crippen LogP contribution in [0.2, 0.25) is 0 Å². The minimum atomic E-state index is -4.96. The minimum absolute atomic E-state index is 0.215. The van der Waals surface area contributed by atoms with Crippen molar-refractivity contribution in [2.24, 2.45) is 0 Å². The number of hydrogen-bond acceptors (Lipinski definition) is 6. The summed E-state index contributed by atoms with van der Waals surface area (Å²) in [7, 11) is 1.02. The van der Waals surface area contributed by atoms with Crippen molar-refractivity contribution >= 4 is 27.6 Å². The van der Waals surface area contributed by atoms with Crippen molar-refractivity contribution in [3.63, 3.8) is 0 Å². The molecule has 0 spiro atoms. The molecule has 11 heteroatoms. The van der Waals surface area contributed by atoms with Crippen LogP contribution < -0.4 is 9.47 Å². The Morgan fingerprint density at radius 2 is 1.81 bits per heavy atom. The lowest BCUT2D eigenvalue weighted by atomic mass is 10.2. The molecule has 0 aliphatic carbocycles. The molecule has 0 saturated heterocycles. The molecule has 2 aromatic rings. The smallest absolute Gasteiger partial charge is 0.465 e. The molecule has 0 bridgehead atoms. The first-order valence-corrected chi connectivity index (χ1v) is 7.50. The first-order chi connectivity index (χ1) is 12.1. The quantitative estimate of drug-likeness (QED) is 0.379. The van der Waals surface area contributed by atoms with Crippen LogP contribution >= 0.6 is 15.9 Å². The number of ether oxygens (including phenoxy) is 3. The largest absolute Gasteiger partial charge is 0.573 e. The van der Waals surface area contributed by atoms with Gasteiger partial charge in [0.05, 0.1) is 12.0 Å². The Hall–Kier alpha value is -2.82. The van der Waals surface area contributed by atoms with E-state index in [1.807, 2.05) is 0 Å². The van der Waals surface area contributed by atoms with Crippen LogP contribution in [0.25, 0.3) is 0 Å². The number of methoxy groups -OCH3 is 1. The van der Waals surface area contributed by atoms with E-state index in [9.17, 15) is 28.1 Å². The monoisotopic (exact) mass is 435 g/mol. The Morgan fingerprint density at radius 1 is 1.15 bits per heavy atom. The Bertz CT molecular complexity index is 856. The normalized spacial score (nSPS) is 11.0. The summed E-state index contributed by atoms with van der Waals surface area (Å²) in [5, 5.41) is 11.1. The van der Waals surface area contributed by atoms with Crippen LogP contribution in [0.1, 0.15) is 10.4 Å². The highest BCUT2D eigenvalue weighted by Crippen LogP contribution is 2.37. The third-order valence-electron chi connectivity index (χ3n) is 2.93. The third-order valence-corrected chi connectivity index (χ3v) is 3.42. The van der Waals surface area contributed by atoms with Crippen LogP contribution in [0.4, 0.5) is 18.9 Å². The molecule has 26 heavy (non-hydrogen) atoms. The van der Waals surface area contributed by atoms with Gasteiger partial charge in [0, 0.05) is 10.5 Å². The number of alkyl halides is 3. The predicted octanol–water partition coefficient (Wildman–Crippen LogP) is 4.83. The lowest BCUT2D eigenvalue weighted by molar-refractivity contribution is -0.385. The highest BCUT2D eigenvalue weighted by molar-refractivity contribution is 9.10. The van der Waals surface area contributed by atoms with Crippen LogP contribution in [0.15, 0.2) is 40.9 Å². The number of esters is 1. The van der Waals surface area contributed by atoms with Gasteiger partial charge in [0.25, 0.3) is 0 Å². The van der Waals surface area contributed by atoms with Gasteiger partial charge in [-0.15, -0.1) is 13.2 Å². The Balaban J connectivity index is 2.46. The topological polar surface area (TPSA) is 87.9 Å². The van der Waals surface area contributed by atoms with Crippen molar-refractivity contribution in [2.45, 2.75) is 6.36 Å². The zero-order valence-electron chi connectivity index (χ0n) is 12.9. The van der Waals surface area contributed by atoms with Crippen molar-refractivity contribution in [1.29, 1.82) is 0 Å². The van der Waals surface area contributed by atoms with Crippen molar-refractivity contribution in [2.75, 3.05) is 7.11 Å². The van der Waals surface area contributed by atoms with E-state index in [0.717, 1.165) is 25.3 Å². The molecule has 0 unspecified atom stereocenters. The van der Waals surface area contributed by atoms with Gasteiger partial charge in [0.2, 0.25) is 5.75 Å². The number of benzene rings is 2. The second-order valence-corrected chi connectivity index (χ2v) is 5.58. The molecule has 0 aliphatic rings.